The Kier molecular flexibility index (Phi) is 7.86. The molecule has 0 spiro atoms. The summed E-state index contributed by atoms with van der Waals surface area (Å²) in [6.45, 7) is 17.2. The highest BCUT2D eigenvalue weighted by Gasteiger charge is 2.31. The first-order valence-electron chi connectivity index (χ1n) is 8.21. The van der Waals surface area contributed by atoms with Gasteiger partial charge in [0.2, 0.25) is 0 Å². The zero-order chi connectivity index (χ0) is 17.6. The molecular weight excluding hydrogens is 280 g/mol. The summed E-state index contributed by atoms with van der Waals surface area (Å²) in [6, 6.07) is 0. The van der Waals surface area contributed by atoms with Crippen molar-refractivity contribution in [1.29, 1.82) is 0 Å². The number of ether oxygens (including phenoxy) is 1. The lowest BCUT2D eigenvalue weighted by Crippen LogP contribution is -2.52. The first kappa shape index (κ1) is 21.2. The number of aliphatic hydroxyl groups excluding tert-OH is 1. The van der Waals surface area contributed by atoms with Crippen molar-refractivity contribution in [3.8, 4) is 0 Å². The van der Waals surface area contributed by atoms with Gasteiger partial charge in [0, 0.05) is 30.8 Å². The second kappa shape index (κ2) is 8.16. The Morgan fingerprint density at radius 3 is 2.05 bits per heavy atom. The zero-order valence-electron chi connectivity index (χ0n) is 15.7. The van der Waals surface area contributed by atoms with Crippen molar-refractivity contribution in [2.24, 2.45) is 0 Å². The Morgan fingerprint density at radius 2 is 1.68 bits per heavy atom. The van der Waals surface area contributed by atoms with Gasteiger partial charge in [-0.05, 0) is 61.3 Å². The maximum atomic E-state index is 12.4. The fourth-order valence-electron chi connectivity index (χ4n) is 2.12. The van der Waals surface area contributed by atoms with Crippen LogP contribution in [0.15, 0.2) is 0 Å². The molecule has 0 aliphatic carbocycles. The van der Waals surface area contributed by atoms with E-state index >= 15 is 0 Å². The molecule has 0 bridgehead atoms. The Labute approximate surface area is 136 Å². The third-order valence-corrected chi connectivity index (χ3v) is 3.75. The normalized spacial score (nSPS) is 15.3. The van der Waals surface area contributed by atoms with Crippen LogP contribution in [0, 0.1) is 0 Å². The second-order valence-corrected chi connectivity index (χ2v) is 8.12. The number of hydrogen-bond acceptors (Lipinski definition) is 4. The van der Waals surface area contributed by atoms with E-state index in [1.165, 1.54) is 0 Å². The minimum absolute atomic E-state index is 0.105. The van der Waals surface area contributed by atoms with E-state index in [0.717, 1.165) is 6.42 Å². The minimum atomic E-state index is -0.497. The van der Waals surface area contributed by atoms with Crippen molar-refractivity contribution in [3.05, 3.63) is 0 Å². The number of nitrogens with zero attached hydrogens (tertiary/aromatic N) is 1. The summed E-state index contributed by atoms with van der Waals surface area (Å²) < 4.78 is 5.50. The van der Waals surface area contributed by atoms with Crippen molar-refractivity contribution in [1.82, 2.24) is 10.2 Å². The molecule has 5 heteroatoms. The molecule has 1 amide bonds. The summed E-state index contributed by atoms with van der Waals surface area (Å²) in [5.41, 5.74) is -0.904. The molecule has 0 saturated carbocycles. The monoisotopic (exact) mass is 316 g/mol. The maximum absolute atomic E-state index is 12.4. The predicted octanol–water partition coefficient (Wildman–Crippen LogP) is 3.16. The van der Waals surface area contributed by atoms with E-state index in [2.05, 4.69) is 19.2 Å². The Bertz CT molecular complexity index is 345. The third-order valence-electron chi connectivity index (χ3n) is 3.75. The lowest BCUT2D eigenvalue weighted by molar-refractivity contribution is 0.00595. The predicted molar refractivity (Wildman–Crippen MR) is 91.1 cm³/mol. The number of carbonyl (C=O) groups is 1. The molecule has 0 heterocycles. The summed E-state index contributed by atoms with van der Waals surface area (Å²) in [5, 5.41) is 12.6. The molecule has 1 atom stereocenters. The zero-order valence-corrected chi connectivity index (χ0v) is 15.7. The van der Waals surface area contributed by atoms with Gasteiger partial charge in [0.1, 0.15) is 5.60 Å². The van der Waals surface area contributed by atoms with Gasteiger partial charge in [0.25, 0.3) is 0 Å². The standard InChI is InChI=1S/C17H36N2O3/c1-9-17(8,10-13-20)18-11-12-19(15(2,3)4)14(21)22-16(5,6)7/h18,20H,9-13H2,1-8H3. The van der Waals surface area contributed by atoms with Crippen LogP contribution in [0.25, 0.3) is 0 Å². The van der Waals surface area contributed by atoms with Crippen molar-refractivity contribution in [2.45, 2.75) is 84.9 Å². The Hall–Kier alpha value is -0.810. The van der Waals surface area contributed by atoms with Crippen molar-refractivity contribution >= 4 is 6.09 Å². The molecule has 0 aromatic rings. The summed E-state index contributed by atoms with van der Waals surface area (Å²) in [7, 11) is 0. The van der Waals surface area contributed by atoms with Gasteiger partial charge < -0.3 is 20.1 Å². The highest BCUT2D eigenvalue weighted by atomic mass is 16.6. The molecule has 5 nitrogen and oxygen atoms in total. The molecule has 1 unspecified atom stereocenters. The maximum Gasteiger partial charge on any atom is 0.410 e. The number of rotatable bonds is 7. The lowest BCUT2D eigenvalue weighted by atomic mass is 9.95. The molecule has 2 N–H and O–H groups in total. The molecular formula is C17H36N2O3. The SMILES string of the molecule is CCC(C)(CCO)NCCN(C(=O)OC(C)(C)C)C(C)(C)C. The quantitative estimate of drug-likeness (QED) is 0.757. The van der Waals surface area contributed by atoms with E-state index in [1.807, 2.05) is 41.5 Å². The van der Waals surface area contributed by atoms with Gasteiger partial charge in [-0.1, -0.05) is 6.92 Å². The van der Waals surface area contributed by atoms with Crippen LogP contribution in [0.3, 0.4) is 0 Å². The van der Waals surface area contributed by atoms with Crippen molar-refractivity contribution in [2.75, 3.05) is 19.7 Å². The first-order valence-corrected chi connectivity index (χ1v) is 8.21. The van der Waals surface area contributed by atoms with E-state index in [-0.39, 0.29) is 23.8 Å². The molecule has 0 saturated heterocycles. The average molecular weight is 316 g/mol. The number of carbonyl (C=O) groups excluding carboxylic acids is 1. The van der Waals surface area contributed by atoms with E-state index in [1.54, 1.807) is 4.90 Å². The van der Waals surface area contributed by atoms with Crippen LogP contribution < -0.4 is 5.32 Å². The van der Waals surface area contributed by atoms with Crippen LogP contribution in [-0.4, -0.2) is 52.5 Å². The van der Waals surface area contributed by atoms with Gasteiger partial charge >= 0.3 is 6.09 Å². The van der Waals surface area contributed by atoms with E-state index in [4.69, 9.17) is 9.84 Å². The molecule has 132 valence electrons. The molecule has 0 fully saturated rings. The highest BCUT2D eigenvalue weighted by molar-refractivity contribution is 5.69. The minimum Gasteiger partial charge on any atom is -0.444 e. The van der Waals surface area contributed by atoms with Crippen LogP contribution in [-0.2, 0) is 4.74 Å². The van der Waals surface area contributed by atoms with Crippen LogP contribution in [0.4, 0.5) is 4.79 Å². The summed E-state index contributed by atoms with van der Waals surface area (Å²) in [4.78, 5) is 14.1. The molecule has 0 aliphatic heterocycles. The van der Waals surface area contributed by atoms with Gasteiger partial charge in [-0.2, -0.15) is 0 Å². The molecule has 0 rings (SSSR count). The molecule has 0 radical (unpaired) electrons. The van der Waals surface area contributed by atoms with Crippen molar-refractivity contribution < 1.29 is 14.6 Å². The third kappa shape index (κ3) is 7.99. The topological polar surface area (TPSA) is 61.8 Å². The summed E-state index contributed by atoms with van der Waals surface area (Å²) >= 11 is 0. The van der Waals surface area contributed by atoms with Gasteiger partial charge in [0.05, 0.1) is 0 Å². The Morgan fingerprint density at radius 1 is 1.14 bits per heavy atom. The summed E-state index contributed by atoms with van der Waals surface area (Å²) in [5.74, 6) is 0. The molecule has 0 aliphatic rings. The van der Waals surface area contributed by atoms with Crippen LogP contribution in [0.2, 0.25) is 0 Å². The second-order valence-electron chi connectivity index (χ2n) is 8.12. The Balaban J connectivity index is 4.73. The van der Waals surface area contributed by atoms with Crippen LogP contribution in [0.5, 0.6) is 0 Å². The highest BCUT2D eigenvalue weighted by Crippen LogP contribution is 2.19. The van der Waals surface area contributed by atoms with Crippen LogP contribution in [0.1, 0.15) is 68.2 Å². The lowest BCUT2D eigenvalue weighted by Gasteiger charge is -2.38. The van der Waals surface area contributed by atoms with E-state index in [0.29, 0.717) is 19.5 Å². The van der Waals surface area contributed by atoms with Gasteiger partial charge in [-0.15, -0.1) is 0 Å². The van der Waals surface area contributed by atoms with Crippen molar-refractivity contribution in [3.63, 3.8) is 0 Å². The largest absolute Gasteiger partial charge is 0.444 e. The van der Waals surface area contributed by atoms with Crippen LogP contribution >= 0.6 is 0 Å². The average Bonchev–Trinajstić information content (AvgIpc) is 2.31. The number of aliphatic hydroxyl groups is 1. The number of nitrogens with one attached hydrogen (secondary N) is 1. The molecule has 0 aromatic carbocycles. The molecule has 0 aromatic heterocycles. The van der Waals surface area contributed by atoms with Gasteiger partial charge in [0.15, 0.2) is 0 Å². The molecule has 22 heavy (non-hydrogen) atoms. The first-order chi connectivity index (χ1) is 9.84. The smallest absolute Gasteiger partial charge is 0.410 e. The van der Waals surface area contributed by atoms with Gasteiger partial charge in [-0.3, -0.25) is 0 Å². The van der Waals surface area contributed by atoms with E-state index in [9.17, 15) is 4.79 Å². The number of amides is 1. The van der Waals surface area contributed by atoms with E-state index < -0.39 is 5.60 Å². The number of hydrogen-bond donors (Lipinski definition) is 2. The summed E-state index contributed by atoms with van der Waals surface area (Å²) in [6.07, 6.45) is 1.34. The fourth-order valence-corrected chi connectivity index (χ4v) is 2.12. The van der Waals surface area contributed by atoms with Gasteiger partial charge in [-0.25, -0.2) is 4.79 Å². The fraction of sp³-hybridized carbons (Fsp3) is 0.941.